The van der Waals surface area contributed by atoms with E-state index in [2.05, 4.69) is 34.0 Å². The smallest absolute Gasteiger partial charge is 0.243 e. The van der Waals surface area contributed by atoms with Crippen LogP contribution in [-0.4, -0.2) is 110 Å². The van der Waals surface area contributed by atoms with Crippen molar-refractivity contribution in [3.63, 3.8) is 0 Å². The first kappa shape index (κ1) is 24.8. The molecule has 7 nitrogen and oxygen atoms in total. The van der Waals surface area contributed by atoms with Gasteiger partial charge in [0, 0.05) is 57.3 Å². The third-order valence-corrected chi connectivity index (χ3v) is 5.92. The van der Waals surface area contributed by atoms with Crippen LogP contribution in [0.4, 0.5) is 0 Å². The van der Waals surface area contributed by atoms with Crippen LogP contribution in [0.25, 0.3) is 0 Å². The van der Waals surface area contributed by atoms with Crippen molar-refractivity contribution < 1.29 is 9.53 Å². The van der Waals surface area contributed by atoms with Crippen molar-refractivity contribution in [2.24, 2.45) is 4.99 Å². The molecule has 2 aliphatic heterocycles. The Morgan fingerprint density at radius 1 is 1.26 bits per heavy atom. The second-order valence-corrected chi connectivity index (χ2v) is 9.49. The normalized spacial score (nSPS) is 20.7. The number of carbonyl (C=O) groups excluding carboxylic acids is 1. The number of thioether (sulfide) groups is 1. The maximum atomic E-state index is 11.9. The molecular formula is C18H36IN5O2S. The van der Waals surface area contributed by atoms with Crippen LogP contribution in [0, 0.1) is 0 Å². The highest BCUT2D eigenvalue weighted by molar-refractivity contribution is 14.0. The van der Waals surface area contributed by atoms with E-state index in [1.54, 1.807) is 19.0 Å². The molecule has 158 valence electrons. The molecule has 2 rings (SSSR count). The molecule has 9 heteroatoms. The van der Waals surface area contributed by atoms with Crippen molar-refractivity contribution in [1.82, 2.24) is 20.0 Å². The van der Waals surface area contributed by atoms with E-state index in [9.17, 15) is 4.79 Å². The molecule has 1 N–H and O–H groups in total. The first-order valence-electron chi connectivity index (χ1n) is 9.55. The molecule has 0 aromatic carbocycles. The largest absolute Gasteiger partial charge is 0.379 e. The van der Waals surface area contributed by atoms with Crippen molar-refractivity contribution in [1.29, 1.82) is 0 Å². The molecular weight excluding hydrogens is 477 g/mol. The van der Waals surface area contributed by atoms with Gasteiger partial charge in [0.15, 0.2) is 5.96 Å². The second-order valence-electron chi connectivity index (χ2n) is 7.69. The van der Waals surface area contributed by atoms with E-state index in [4.69, 9.17) is 4.74 Å². The predicted molar refractivity (Wildman–Crippen MR) is 124 cm³/mol. The van der Waals surface area contributed by atoms with Gasteiger partial charge in [0.25, 0.3) is 0 Å². The van der Waals surface area contributed by atoms with Gasteiger partial charge in [0.2, 0.25) is 5.91 Å². The quantitative estimate of drug-likeness (QED) is 0.249. The van der Waals surface area contributed by atoms with Crippen LogP contribution in [0.3, 0.4) is 0 Å². The van der Waals surface area contributed by atoms with Gasteiger partial charge in [0.1, 0.15) is 6.54 Å². The van der Waals surface area contributed by atoms with Crippen LogP contribution in [0.2, 0.25) is 0 Å². The second kappa shape index (κ2) is 12.3. The molecule has 0 unspecified atom stereocenters. The van der Waals surface area contributed by atoms with Crippen LogP contribution in [0.1, 0.15) is 20.3 Å². The van der Waals surface area contributed by atoms with Gasteiger partial charge in [-0.2, -0.15) is 11.8 Å². The van der Waals surface area contributed by atoms with E-state index >= 15 is 0 Å². The number of rotatable bonds is 6. The molecule has 2 fully saturated rings. The van der Waals surface area contributed by atoms with Gasteiger partial charge < -0.3 is 19.9 Å². The topological polar surface area (TPSA) is 60.4 Å². The van der Waals surface area contributed by atoms with Crippen molar-refractivity contribution in [3.8, 4) is 0 Å². The third kappa shape index (κ3) is 9.19. The molecule has 0 aliphatic carbocycles. The van der Waals surface area contributed by atoms with Gasteiger partial charge in [-0.3, -0.25) is 9.69 Å². The number of aliphatic imine (C=N–C) groups is 1. The van der Waals surface area contributed by atoms with Gasteiger partial charge in [0.05, 0.1) is 13.2 Å². The fourth-order valence-corrected chi connectivity index (χ4v) is 4.19. The number of hydrogen-bond acceptors (Lipinski definition) is 5. The number of amides is 1. The number of likely N-dealkylation sites (N-methyl/N-ethyl adjacent to an activating group) is 1. The standard InChI is InChI=1S/C18H35N5O2S.HI/c1-18(2)15-23(10-13-26-18)17(20-14-16(24)21(3)4)19-6-5-7-22-8-11-25-12-9-22;/h5-15H2,1-4H3,(H,19,20);1H. The zero-order valence-corrected chi connectivity index (χ0v) is 20.3. The number of nitrogens with one attached hydrogen (secondary N) is 1. The number of guanidine groups is 1. The first-order valence-corrected chi connectivity index (χ1v) is 10.5. The fraction of sp³-hybridized carbons (Fsp3) is 0.889. The Kier molecular flexibility index (Phi) is 11.3. The average Bonchev–Trinajstić information content (AvgIpc) is 2.60. The van der Waals surface area contributed by atoms with E-state index in [1.165, 1.54) is 0 Å². The van der Waals surface area contributed by atoms with Crippen LogP contribution in [0.15, 0.2) is 4.99 Å². The van der Waals surface area contributed by atoms with E-state index in [0.717, 1.165) is 70.6 Å². The highest BCUT2D eigenvalue weighted by Crippen LogP contribution is 2.29. The molecule has 27 heavy (non-hydrogen) atoms. The van der Waals surface area contributed by atoms with Crippen LogP contribution in [0.5, 0.6) is 0 Å². The summed E-state index contributed by atoms with van der Waals surface area (Å²) in [5, 5.41) is 3.50. The Labute approximate surface area is 185 Å². The van der Waals surface area contributed by atoms with Gasteiger partial charge >= 0.3 is 0 Å². The molecule has 2 saturated heterocycles. The monoisotopic (exact) mass is 513 g/mol. The van der Waals surface area contributed by atoms with Crippen molar-refractivity contribution in [2.75, 3.05) is 78.9 Å². The minimum absolute atomic E-state index is 0. The minimum atomic E-state index is 0. The van der Waals surface area contributed by atoms with Crippen molar-refractivity contribution >= 4 is 47.6 Å². The van der Waals surface area contributed by atoms with E-state index in [0.29, 0.717) is 0 Å². The molecule has 2 aliphatic rings. The summed E-state index contributed by atoms with van der Waals surface area (Å²) in [4.78, 5) is 22.9. The maximum absolute atomic E-state index is 11.9. The minimum Gasteiger partial charge on any atom is -0.379 e. The number of carbonyl (C=O) groups is 1. The summed E-state index contributed by atoms with van der Waals surface area (Å²) in [5.74, 6) is 1.99. The number of halogens is 1. The molecule has 0 atom stereocenters. The zero-order chi connectivity index (χ0) is 19.0. The number of morpholine rings is 1. The van der Waals surface area contributed by atoms with Gasteiger partial charge in [-0.25, -0.2) is 4.99 Å². The molecule has 1 amide bonds. The number of hydrogen-bond donors (Lipinski definition) is 1. The molecule has 2 heterocycles. The molecule has 0 aromatic rings. The zero-order valence-electron chi connectivity index (χ0n) is 17.2. The van der Waals surface area contributed by atoms with Crippen LogP contribution < -0.4 is 5.32 Å². The molecule has 0 bridgehead atoms. The first-order chi connectivity index (χ1) is 12.4. The van der Waals surface area contributed by atoms with Gasteiger partial charge in [-0.15, -0.1) is 24.0 Å². The Morgan fingerprint density at radius 2 is 1.96 bits per heavy atom. The summed E-state index contributed by atoms with van der Waals surface area (Å²) in [5.41, 5.74) is 0. The lowest BCUT2D eigenvalue weighted by atomic mass is 10.2. The third-order valence-electron chi connectivity index (χ3n) is 4.63. The highest BCUT2D eigenvalue weighted by Gasteiger charge is 2.28. The highest BCUT2D eigenvalue weighted by atomic mass is 127. The van der Waals surface area contributed by atoms with Crippen molar-refractivity contribution in [3.05, 3.63) is 0 Å². The fourth-order valence-electron chi connectivity index (χ4n) is 3.08. The van der Waals surface area contributed by atoms with Crippen LogP contribution >= 0.6 is 35.7 Å². The lowest BCUT2D eigenvalue weighted by Crippen LogP contribution is -2.51. The average molecular weight is 513 g/mol. The molecule has 0 radical (unpaired) electrons. The summed E-state index contributed by atoms with van der Waals surface area (Å²) < 4.78 is 5.60. The maximum Gasteiger partial charge on any atom is 0.243 e. The summed E-state index contributed by atoms with van der Waals surface area (Å²) in [6.07, 6.45) is 1.06. The Bertz CT molecular complexity index is 484. The van der Waals surface area contributed by atoms with E-state index in [-0.39, 0.29) is 41.2 Å². The van der Waals surface area contributed by atoms with E-state index < -0.39 is 0 Å². The van der Waals surface area contributed by atoms with Gasteiger partial charge in [-0.05, 0) is 26.8 Å². The number of nitrogens with zero attached hydrogens (tertiary/aromatic N) is 4. The lowest BCUT2D eigenvalue weighted by molar-refractivity contribution is -0.127. The summed E-state index contributed by atoms with van der Waals surface area (Å²) in [6, 6.07) is 0. The summed E-state index contributed by atoms with van der Waals surface area (Å²) in [7, 11) is 3.54. The Morgan fingerprint density at radius 3 is 2.59 bits per heavy atom. The van der Waals surface area contributed by atoms with Crippen molar-refractivity contribution in [2.45, 2.75) is 25.0 Å². The molecule has 0 aromatic heterocycles. The molecule has 0 saturated carbocycles. The lowest BCUT2D eigenvalue weighted by Gasteiger charge is -2.39. The summed E-state index contributed by atoms with van der Waals surface area (Å²) in [6.45, 7) is 12.3. The summed E-state index contributed by atoms with van der Waals surface area (Å²) >= 11 is 2.00. The Balaban J connectivity index is 0.00000364. The van der Waals surface area contributed by atoms with E-state index in [1.807, 2.05) is 11.8 Å². The van der Waals surface area contributed by atoms with Gasteiger partial charge in [-0.1, -0.05) is 0 Å². The molecule has 0 spiro atoms. The number of ether oxygens (including phenoxy) is 1. The SMILES string of the molecule is CN(C)C(=O)CN=C(NCCCN1CCOCC1)N1CCSC(C)(C)C1.I. The predicted octanol–water partition coefficient (Wildman–Crippen LogP) is 1.19. The Hall–Kier alpha value is -0.260. The van der Waals surface area contributed by atoms with Crippen LogP contribution in [-0.2, 0) is 9.53 Å².